The fourth-order valence-corrected chi connectivity index (χ4v) is 5.19. The molecule has 0 aliphatic carbocycles. The van der Waals surface area contributed by atoms with Crippen LogP contribution in [0.25, 0.3) is 11.1 Å². The molecule has 5 rings (SSSR count). The molecular formula is C28H31N5O4. The molecule has 0 saturated carbocycles. The van der Waals surface area contributed by atoms with Gasteiger partial charge in [0.2, 0.25) is 5.91 Å². The first kappa shape index (κ1) is 24.8. The van der Waals surface area contributed by atoms with Crippen LogP contribution >= 0.6 is 0 Å². The summed E-state index contributed by atoms with van der Waals surface area (Å²) in [7, 11) is 0. The van der Waals surface area contributed by atoms with Gasteiger partial charge in [-0.25, -0.2) is 4.99 Å². The van der Waals surface area contributed by atoms with Crippen molar-refractivity contribution in [3.8, 4) is 11.1 Å². The second-order valence-corrected chi connectivity index (χ2v) is 10.3. The second kappa shape index (κ2) is 9.55. The lowest BCUT2D eigenvalue weighted by Crippen LogP contribution is -2.48. The Hall–Kier alpha value is -3.85. The van der Waals surface area contributed by atoms with Crippen molar-refractivity contribution in [2.75, 3.05) is 6.54 Å². The van der Waals surface area contributed by atoms with Crippen LogP contribution in [0.3, 0.4) is 0 Å². The van der Waals surface area contributed by atoms with Crippen molar-refractivity contribution in [2.45, 2.75) is 57.7 Å². The van der Waals surface area contributed by atoms with E-state index < -0.39 is 23.6 Å². The maximum atomic E-state index is 13.7. The highest BCUT2D eigenvalue weighted by molar-refractivity contribution is 6.11. The fraction of sp³-hybridized carbons (Fsp3) is 0.393. The average molecular weight is 502 g/mol. The molecule has 1 saturated heterocycles. The summed E-state index contributed by atoms with van der Waals surface area (Å²) in [5.41, 5.74) is 2.26. The first-order valence-electron chi connectivity index (χ1n) is 12.5. The molecule has 3 aromatic rings. The van der Waals surface area contributed by atoms with Crippen LogP contribution in [0.4, 0.5) is 0 Å². The monoisotopic (exact) mass is 501 g/mol. The van der Waals surface area contributed by atoms with Crippen LogP contribution in [0.2, 0.25) is 0 Å². The number of nitrogens with one attached hydrogen (secondary N) is 1. The number of aliphatic hydroxyl groups is 1. The van der Waals surface area contributed by atoms with Crippen molar-refractivity contribution in [2.24, 2.45) is 10.9 Å². The van der Waals surface area contributed by atoms with E-state index in [1.54, 1.807) is 30.3 Å². The Balaban J connectivity index is 1.43. The van der Waals surface area contributed by atoms with Gasteiger partial charge in [0, 0.05) is 31.4 Å². The highest BCUT2D eigenvalue weighted by Gasteiger charge is 2.48. The van der Waals surface area contributed by atoms with Gasteiger partial charge in [0.1, 0.15) is 17.5 Å². The van der Waals surface area contributed by atoms with Crippen LogP contribution in [-0.2, 0) is 15.1 Å². The Bertz CT molecular complexity index is 1330. The van der Waals surface area contributed by atoms with Gasteiger partial charge in [0.15, 0.2) is 5.54 Å². The van der Waals surface area contributed by atoms with Gasteiger partial charge in [-0.05, 0) is 42.5 Å². The van der Waals surface area contributed by atoms with Gasteiger partial charge in [-0.3, -0.25) is 14.6 Å². The number of aryl methyl sites for hydroxylation is 1. The normalized spacial score (nSPS) is 24.3. The first-order valence-corrected chi connectivity index (χ1v) is 12.5. The third kappa shape index (κ3) is 4.55. The van der Waals surface area contributed by atoms with Crippen molar-refractivity contribution < 1.29 is 19.2 Å². The third-order valence-corrected chi connectivity index (χ3v) is 7.23. The highest BCUT2D eigenvalue weighted by Crippen LogP contribution is 2.35. The number of hydrogen-bond donors (Lipinski definition) is 2. The molecule has 2 N–H and O–H groups in total. The van der Waals surface area contributed by atoms with Crippen LogP contribution in [0.1, 0.15) is 50.1 Å². The lowest BCUT2D eigenvalue weighted by molar-refractivity contribution is -0.134. The van der Waals surface area contributed by atoms with Gasteiger partial charge in [0.25, 0.3) is 5.91 Å². The predicted octanol–water partition coefficient (Wildman–Crippen LogP) is 3.19. The molecule has 1 aromatic carbocycles. The largest absolute Gasteiger partial charge is 0.391 e. The van der Waals surface area contributed by atoms with Gasteiger partial charge in [-0.2, -0.15) is 0 Å². The molecule has 2 aliphatic heterocycles. The topological polar surface area (TPSA) is 121 Å². The zero-order valence-corrected chi connectivity index (χ0v) is 21.4. The average Bonchev–Trinajstić information content (AvgIpc) is 3.57. The molecule has 0 bridgehead atoms. The zero-order chi connectivity index (χ0) is 26.3. The van der Waals surface area contributed by atoms with E-state index in [4.69, 9.17) is 9.52 Å². The highest BCUT2D eigenvalue weighted by atomic mass is 16.5. The van der Waals surface area contributed by atoms with Gasteiger partial charge < -0.3 is 19.8 Å². The number of carbonyl (C=O) groups is 2. The number of amides is 2. The Labute approximate surface area is 215 Å². The molecule has 37 heavy (non-hydrogen) atoms. The molecule has 0 spiro atoms. The predicted molar refractivity (Wildman–Crippen MR) is 138 cm³/mol. The lowest BCUT2D eigenvalue weighted by atomic mass is 9.91. The van der Waals surface area contributed by atoms with Gasteiger partial charge in [-0.1, -0.05) is 49.3 Å². The number of aromatic nitrogens is 2. The van der Waals surface area contributed by atoms with E-state index in [1.807, 2.05) is 57.2 Å². The summed E-state index contributed by atoms with van der Waals surface area (Å²) < 4.78 is 5.44. The van der Waals surface area contributed by atoms with Crippen LogP contribution in [0.5, 0.6) is 0 Å². The smallest absolute Gasteiger partial charge is 0.257 e. The van der Waals surface area contributed by atoms with E-state index in [1.165, 1.54) is 0 Å². The van der Waals surface area contributed by atoms with Crippen molar-refractivity contribution in [3.05, 3.63) is 71.9 Å². The summed E-state index contributed by atoms with van der Waals surface area (Å²) in [6.45, 7) is 7.63. The molecular weight excluding hydrogens is 470 g/mol. The number of benzene rings is 1. The molecule has 4 atom stereocenters. The van der Waals surface area contributed by atoms with E-state index in [-0.39, 0.29) is 24.3 Å². The molecule has 9 nitrogen and oxygen atoms in total. The molecule has 2 aromatic heterocycles. The van der Waals surface area contributed by atoms with Crippen molar-refractivity contribution >= 4 is 17.6 Å². The molecule has 192 valence electrons. The number of β-amino-alcohol motifs (C(OH)–C–C–N with tert-alkyl or cyclic N) is 1. The van der Waals surface area contributed by atoms with Crippen molar-refractivity contribution in [1.29, 1.82) is 0 Å². The summed E-state index contributed by atoms with van der Waals surface area (Å²) in [5.74, 6) is -0.172. The number of rotatable bonds is 6. The third-order valence-electron chi connectivity index (χ3n) is 7.23. The van der Waals surface area contributed by atoms with Gasteiger partial charge in [-0.15, -0.1) is 0 Å². The molecule has 1 fully saturated rings. The fourth-order valence-electron chi connectivity index (χ4n) is 5.19. The quantitative estimate of drug-likeness (QED) is 0.535. The standard InChI is InChI=1S/C28H31N5O4/c1-16(2)24(23-12-17(3)32-37-23)26(35)33-15-21(34)13-22(33)25-30-27(36)28(4,31-25)20-9-7-18(8-10-20)19-6-5-11-29-14-19/h5-12,14,16,21-22,24,34H,13,15H2,1-4H3,(H,30,31,36)/t21-,22-,24?,28+/m1/s1. The van der Waals surface area contributed by atoms with E-state index in [0.717, 1.165) is 16.7 Å². The van der Waals surface area contributed by atoms with Crippen LogP contribution in [-0.4, -0.2) is 56.5 Å². The summed E-state index contributed by atoms with van der Waals surface area (Å²) >= 11 is 0. The van der Waals surface area contributed by atoms with Gasteiger partial charge in [0.05, 0.1) is 17.8 Å². The minimum absolute atomic E-state index is 0.0538. The number of pyridine rings is 1. The SMILES string of the molecule is Cc1cc(C(C(=O)N2C[C@H](O)C[C@@H]2C2=N[C@@](C)(c3ccc(-c4cccnc4)cc3)C(=O)N2)C(C)C)on1. The second-order valence-electron chi connectivity index (χ2n) is 10.3. The minimum atomic E-state index is -1.15. The Morgan fingerprint density at radius 2 is 1.97 bits per heavy atom. The summed E-state index contributed by atoms with van der Waals surface area (Å²) in [6, 6.07) is 12.7. The Kier molecular flexibility index (Phi) is 6.41. The first-order chi connectivity index (χ1) is 17.7. The van der Waals surface area contributed by atoms with Crippen LogP contribution in [0, 0.1) is 12.8 Å². The maximum Gasteiger partial charge on any atom is 0.257 e. The van der Waals surface area contributed by atoms with Crippen LogP contribution in [0.15, 0.2) is 64.4 Å². The number of hydrogen-bond acceptors (Lipinski definition) is 7. The number of aliphatic imine (C=N–C) groups is 1. The molecule has 0 radical (unpaired) electrons. The van der Waals surface area contributed by atoms with E-state index in [2.05, 4.69) is 15.5 Å². The number of nitrogens with zero attached hydrogens (tertiary/aromatic N) is 4. The van der Waals surface area contributed by atoms with Gasteiger partial charge >= 0.3 is 0 Å². The van der Waals surface area contributed by atoms with Crippen molar-refractivity contribution in [1.82, 2.24) is 20.4 Å². The summed E-state index contributed by atoms with van der Waals surface area (Å²) in [4.78, 5) is 37.6. The minimum Gasteiger partial charge on any atom is -0.391 e. The molecule has 4 heterocycles. The van der Waals surface area contributed by atoms with E-state index in [9.17, 15) is 14.7 Å². The maximum absolute atomic E-state index is 13.7. The molecule has 9 heteroatoms. The number of aliphatic hydroxyl groups excluding tert-OH is 1. The Morgan fingerprint density at radius 3 is 2.59 bits per heavy atom. The summed E-state index contributed by atoms with van der Waals surface area (Å²) in [6.07, 6.45) is 3.09. The summed E-state index contributed by atoms with van der Waals surface area (Å²) in [5, 5.41) is 17.4. The van der Waals surface area contributed by atoms with Crippen molar-refractivity contribution in [3.63, 3.8) is 0 Å². The van der Waals surface area contributed by atoms with E-state index >= 15 is 0 Å². The number of likely N-dealkylation sites (tertiary alicyclic amines) is 1. The molecule has 2 amide bonds. The lowest BCUT2D eigenvalue weighted by Gasteiger charge is -2.29. The number of carbonyl (C=O) groups excluding carboxylic acids is 2. The molecule has 2 aliphatic rings. The molecule has 1 unspecified atom stereocenters. The van der Waals surface area contributed by atoms with E-state index in [0.29, 0.717) is 23.7 Å². The number of amidine groups is 1. The zero-order valence-electron chi connectivity index (χ0n) is 21.4. The van der Waals surface area contributed by atoms with Crippen LogP contribution < -0.4 is 5.32 Å². The Morgan fingerprint density at radius 1 is 1.22 bits per heavy atom.